The Morgan fingerprint density at radius 2 is 1.89 bits per heavy atom. The molecule has 2 aromatic rings. The summed E-state index contributed by atoms with van der Waals surface area (Å²) in [6.07, 6.45) is 4.33. The Kier molecular flexibility index (Phi) is 4.63. The van der Waals surface area contributed by atoms with Gasteiger partial charge in [-0.3, -0.25) is 0 Å². The van der Waals surface area contributed by atoms with Crippen LogP contribution in [-0.2, 0) is 16.0 Å². The lowest BCUT2D eigenvalue weighted by Crippen LogP contribution is -2.23. The number of esters is 1. The van der Waals surface area contributed by atoms with Gasteiger partial charge in [-0.25, -0.2) is 4.79 Å². The largest absolute Gasteiger partial charge is 0.464 e. The van der Waals surface area contributed by atoms with Crippen molar-refractivity contribution in [3.63, 3.8) is 0 Å². The van der Waals surface area contributed by atoms with Crippen LogP contribution in [0.2, 0.25) is 5.02 Å². The molecular weight excluding hydrogens is 262 g/mol. The maximum absolute atomic E-state index is 12.0. The predicted octanol–water partition coefficient (Wildman–Crippen LogP) is 3.49. The molecule has 0 amide bonds. The standard InChI is InChI=1S/C15H16ClNO2/c1-2-19-15(18)14(17-9-3-4-10-17)11-12-5-7-13(16)8-6-12/h3-10,14H,2,11H2,1H3. The van der Waals surface area contributed by atoms with Crippen molar-refractivity contribution in [2.75, 3.05) is 6.61 Å². The lowest BCUT2D eigenvalue weighted by molar-refractivity contribution is -0.147. The van der Waals surface area contributed by atoms with E-state index >= 15 is 0 Å². The molecule has 19 heavy (non-hydrogen) atoms. The van der Waals surface area contributed by atoms with Gasteiger partial charge in [0.25, 0.3) is 0 Å². The maximum Gasteiger partial charge on any atom is 0.329 e. The second-order valence-corrected chi connectivity index (χ2v) is 4.67. The summed E-state index contributed by atoms with van der Waals surface area (Å²) < 4.78 is 7.01. The van der Waals surface area contributed by atoms with E-state index in [0.717, 1.165) is 5.56 Å². The van der Waals surface area contributed by atoms with Crippen LogP contribution < -0.4 is 0 Å². The van der Waals surface area contributed by atoms with E-state index in [1.165, 1.54) is 0 Å². The van der Waals surface area contributed by atoms with Crippen molar-refractivity contribution >= 4 is 17.6 Å². The molecule has 0 fully saturated rings. The highest BCUT2D eigenvalue weighted by Gasteiger charge is 2.21. The minimum absolute atomic E-state index is 0.214. The Labute approximate surface area is 117 Å². The zero-order chi connectivity index (χ0) is 13.7. The number of hydrogen-bond acceptors (Lipinski definition) is 2. The maximum atomic E-state index is 12.0. The van der Waals surface area contributed by atoms with Crippen molar-refractivity contribution in [2.45, 2.75) is 19.4 Å². The summed E-state index contributed by atoms with van der Waals surface area (Å²) >= 11 is 5.86. The van der Waals surface area contributed by atoms with Crippen LogP contribution in [0.4, 0.5) is 0 Å². The number of rotatable bonds is 5. The Bertz CT molecular complexity index is 520. The molecule has 3 nitrogen and oxygen atoms in total. The topological polar surface area (TPSA) is 31.2 Å². The molecule has 0 aliphatic rings. The van der Waals surface area contributed by atoms with E-state index in [-0.39, 0.29) is 12.0 Å². The normalized spacial score (nSPS) is 12.1. The van der Waals surface area contributed by atoms with Gasteiger partial charge < -0.3 is 9.30 Å². The number of benzene rings is 1. The van der Waals surface area contributed by atoms with E-state index in [0.29, 0.717) is 18.1 Å². The number of carbonyl (C=O) groups is 1. The van der Waals surface area contributed by atoms with E-state index in [9.17, 15) is 4.79 Å². The van der Waals surface area contributed by atoms with Gasteiger partial charge in [-0.15, -0.1) is 0 Å². The van der Waals surface area contributed by atoms with Crippen LogP contribution in [0.5, 0.6) is 0 Å². The van der Waals surface area contributed by atoms with Crippen molar-refractivity contribution in [1.82, 2.24) is 4.57 Å². The highest BCUT2D eigenvalue weighted by Crippen LogP contribution is 2.18. The number of halogens is 1. The molecule has 0 N–H and O–H groups in total. The van der Waals surface area contributed by atoms with Crippen molar-refractivity contribution in [3.05, 3.63) is 59.4 Å². The first-order valence-corrected chi connectivity index (χ1v) is 6.62. The van der Waals surface area contributed by atoms with Crippen LogP contribution in [0.3, 0.4) is 0 Å². The third kappa shape index (κ3) is 3.61. The minimum atomic E-state index is -0.337. The van der Waals surface area contributed by atoms with Crippen molar-refractivity contribution in [1.29, 1.82) is 0 Å². The van der Waals surface area contributed by atoms with Crippen LogP contribution in [0, 0.1) is 0 Å². The summed E-state index contributed by atoms with van der Waals surface area (Å²) in [5.74, 6) is -0.214. The second-order valence-electron chi connectivity index (χ2n) is 4.23. The highest BCUT2D eigenvalue weighted by atomic mass is 35.5. The summed E-state index contributed by atoms with van der Waals surface area (Å²) in [5, 5.41) is 0.692. The lowest BCUT2D eigenvalue weighted by atomic mass is 10.1. The smallest absolute Gasteiger partial charge is 0.329 e. The van der Waals surface area contributed by atoms with E-state index in [1.54, 1.807) is 0 Å². The number of hydrogen-bond donors (Lipinski definition) is 0. The molecule has 0 saturated heterocycles. The molecule has 1 unspecified atom stereocenters. The molecule has 0 aliphatic heterocycles. The zero-order valence-corrected chi connectivity index (χ0v) is 11.5. The summed E-state index contributed by atoms with van der Waals surface area (Å²) in [4.78, 5) is 12.0. The first kappa shape index (κ1) is 13.7. The third-order valence-electron chi connectivity index (χ3n) is 2.89. The van der Waals surface area contributed by atoms with Crippen molar-refractivity contribution < 1.29 is 9.53 Å². The SMILES string of the molecule is CCOC(=O)C(Cc1ccc(Cl)cc1)n1cccc1. The Morgan fingerprint density at radius 3 is 2.47 bits per heavy atom. The number of carbonyl (C=O) groups excluding carboxylic acids is 1. The van der Waals surface area contributed by atoms with Crippen LogP contribution in [-0.4, -0.2) is 17.1 Å². The molecular formula is C15H16ClNO2. The molecule has 1 aromatic carbocycles. The predicted molar refractivity (Wildman–Crippen MR) is 75.3 cm³/mol. The molecule has 0 bridgehead atoms. The molecule has 1 heterocycles. The zero-order valence-electron chi connectivity index (χ0n) is 10.8. The van der Waals surface area contributed by atoms with Gasteiger partial charge in [-0.1, -0.05) is 23.7 Å². The first-order chi connectivity index (χ1) is 9.20. The molecule has 0 radical (unpaired) electrons. The second kappa shape index (κ2) is 6.43. The van der Waals surface area contributed by atoms with Gasteiger partial charge in [0.05, 0.1) is 6.61 Å². The molecule has 1 atom stereocenters. The summed E-state index contributed by atoms with van der Waals surface area (Å²) in [6, 6.07) is 11.0. The molecule has 0 spiro atoms. The van der Waals surface area contributed by atoms with Gasteiger partial charge in [-0.05, 0) is 36.8 Å². The van der Waals surface area contributed by atoms with Gasteiger partial charge in [0, 0.05) is 23.8 Å². The summed E-state index contributed by atoms with van der Waals surface area (Å²) in [7, 11) is 0. The van der Waals surface area contributed by atoms with E-state index in [4.69, 9.17) is 16.3 Å². The minimum Gasteiger partial charge on any atom is -0.464 e. The molecule has 2 rings (SSSR count). The quantitative estimate of drug-likeness (QED) is 0.784. The fraction of sp³-hybridized carbons (Fsp3) is 0.267. The van der Waals surface area contributed by atoms with Gasteiger partial charge in [0.15, 0.2) is 0 Å². The fourth-order valence-corrected chi connectivity index (χ4v) is 2.07. The third-order valence-corrected chi connectivity index (χ3v) is 3.14. The van der Waals surface area contributed by atoms with Gasteiger partial charge >= 0.3 is 5.97 Å². The van der Waals surface area contributed by atoms with Crippen LogP contribution in [0.25, 0.3) is 0 Å². The van der Waals surface area contributed by atoms with Gasteiger partial charge in [0.2, 0.25) is 0 Å². The molecule has 0 aliphatic carbocycles. The number of nitrogens with zero attached hydrogens (tertiary/aromatic N) is 1. The molecule has 1 aromatic heterocycles. The summed E-state index contributed by atoms with van der Waals surface area (Å²) in [6.45, 7) is 2.20. The van der Waals surface area contributed by atoms with Crippen molar-refractivity contribution in [2.24, 2.45) is 0 Å². The highest BCUT2D eigenvalue weighted by molar-refractivity contribution is 6.30. The molecule has 100 valence electrons. The average molecular weight is 278 g/mol. The van der Waals surface area contributed by atoms with E-state index < -0.39 is 0 Å². The number of aromatic nitrogens is 1. The summed E-state index contributed by atoms with van der Waals surface area (Å²) in [5.41, 5.74) is 1.05. The lowest BCUT2D eigenvalue weighted by Gasteiger charge is -2.17. The Balaban J connectivity index is 2.18. The van der Waals surface area contributed by atoms with E-state index in [2.05, 4.69) is 0 Å². The first-order valence-electron chi connectivity index (χ1n) is 6.24. The molecule has 4 heteroatoms. The Morgan fingerprint density at radius 1 is 1.26 bits per heavy atom. The Hall–Kier alpha value is -1.74. The van der Waals surface area contributed by atoms with E-state index in [1.807, 2.05) is 60.3 Å². The average Bonchev–Trinajstić information content (AvgIpc) is 2.92. The molecule has 0 saturated carbocycles. The number of ether oxygens (including phenoxy) is 1. The van der Waals surface area contributed by atoms with Gasteiger partial charge in [-0.2, -0.15) is 0 Å². The fourth-order valence-electron chi connectivity index (χ4n) is 1.95. The van der Waals surface area contributed by atoms with Crippen LogP contribution in [0.1, 0.15) is 18.5 Å². The van der Waals surface area contributed by atoms with Gasteiger partial charge in [0.1, 0.15) is 6.04 Å². The van der Waals surface area contributed by atoms with Crippen molar-refractivity contribution in [3.8, 4) is 0 Å². The monoisotopic (exact) mass is 277 g/mol. The van der Waals surface area contributed by atoms with Crippen LogP contribution >= 0.6 is 11.6 Å². The van der Waals surface area contributed by atoms with Crippen LogP contribution in [0.15, 0.2) is 48.8 Å².